The van der Waals surface area contributed by atoms with Gasteiger partial charge < -0.3 is 15.7 Å². The van der Waals surface area contributed by atoms with Crippen molar-refractivity contribution in [3.63, 3.8) is 0 Å². The van der Waals surface area contributed by atoms with Gasteiger partial charge in [-0.2, -0.15) is 0 Å². The molecule has 2 rings (SSSR count). The van der Waals surface area contributed by atoms with Crippen LogP contribution < -0.4 is 10.6 Å². The van der Waals surface area contributed by atoms with Crippen LogP contribution in [0.5, 0.6) is 5.75 Å². The van der Waals surface area contributed by atoms with Gasteiger partial charge in [-0.1, -0.05) is 6.07 Å². The fraction of sp³-hybridized carbons (Fsp3) is 0.455. The highest BCUT2D eigenvalue weighted by Gasteiger charge is 2.11. The monoisotopic (exact) mass is 192 g/mol. The van der Waals surface area contributed by atoms with E-state index >= 15 is 0 Å². The molecule has 1 heterocycles. The summed E-state index contributed by atoms with van der Waals surface area (Å²) in [7, 11) is 0. The molecule has 1 atom stereocenters. The largest absolute Gasteiger partial charge is 0.508 e. The molecule has 0 bridgehead atoms. The summed E-state index contributed by atoms with van der Waals surface area (Å²) in [6.07, 6.45) is 2.42. The molecule has 1 aromatic rings. The van der Waals surface area contributed by atoms with Gasteiger partial charge in [0.2, 0.25) is 0 Å². The van der Waals surface area contributed by atoms with Crippen molar-refractivity contribution in [1.29, 1.82) is 0 Å². The van der Waals surface area contributed by atoms with Gasteiger partial charge in [0.25, 0.3) is 0 Å². The molecule has 1 fully saturated rings. The van der Waals surface area contributed by atoms with E-state index in [-0.39, 0.29) is 0 Å². The van der Waals surface area contributed by atoms with Gasteiger partial charge >= 0.3 is 0 Å². The molecule has 76 valence electrons. The highest BCUT2D eigenvalue weighted by Crippen LogP contribution is 2.17. The fourth-order valence-electron chi connectivity index (χ4n) is 1.81. The van der Waals surface area contributed by atoms with Crippen molar-refractivity contribution in [3.05, 3.63) is 24.3 Å². The van der Waals surface area contributed by atoms with Crippen molar-refractivity contribution in [2.75, 3.05) is 18.4 Å². The maximum absolute atomic E-state index is 9.29. The number of benzene rings is 1. The van der Waals surface area contributed by atoms with Crippen LogP contribution >= 0.6 is 0 Å². The molecule has 3 nitrogen and oxygen atoms in total. The molecule has 1 saturated heterocycles. The van der Waals surface area contributed by atoms with E-state index in [4.69, 9.17) is 0 Å². The maximum atomic E-state index is 9.29. The Labute approximate surface area is 84.1 Å². The summed E-state index contributed by atoms with van der Waals surface area (Å²) in [5.41, 5.74) is 0.999. The zero-order chi connectivity index (χ0) is 9.80. The topological polar surface area (TPSA) is 44.3 Å². The summed E-state index contributed by atoms with van der Waals surface area (Å²) in [5, 5.41) is 16.0. The number of phenolic OH excluding ortho intramolecular Hbond substituents is 1. The van der Waals surface area contributed by atoms with Gasteiger partial charge in [-0.3, -0.25) is 0 Å². The van der Waals surface area contributed by atoms with Gasteiger partial charge in [0.05, 0.1) is 0 Å². The van der Waals surface area contributed by atoms with E-state index in [1.807, 2.05) is 12.1 Å². The van der Waals surface area contributed by atoms with Crippen molar-refractivity contribution in [3.8, 4) is 5.75 Å². The number of rotatable bonds is 2. The lowest BCUT2D eigenvalue weighted by atomic mass is 10.1. The molecule has 0 spiro atoms. The molecule has 0 aromatic heterocycles. The van der Waals surface area contributed by atoms with Crippen LogP contribution in [0.3, 0.4) is 0 Å². The third-order valence-electron chi connectivity index (χ3n) is 2.51. The van der Waals surface area contributed by atoms with Gasteiger partial charge in [-0.05, 0) is 31.5 Å². The van der Waals surface area contributed by atoms with E-state index in [2.05, 4.69) is 10.6 Å². The second-order valence-electron chi connectivity index (χ2n) is 3.74. The first kappa shape index (κ1) is 9.34. The Morgan fingerprint density at radius 2 is 2.36 bits per heavy atom. The first-order valence-corrected chi connectivity index (χ1v) is 5.11. The Hall–Kier alpha value is -1.22. The molecule has 1 aliphatic rings. The maximum Gasteiger partial charge on any atom is 0.117 e. The minimum atomic E-state index is 0.318. The normalized spacial score (nSPS) is 21.9. The first-order valence-electron chi connectivity index (χ1n) is 5.11. The fourth-order valence-corrected chi connectivity index (χ4v) is 1.81. The van der Waals surface area contributed by atoms with Crippen LogP contribution in [0.4, 0.5) is 5.69 Å². The standard InChI is InChI=1S/C11H16N2O/c14-11-5-1-3-9(7-11)13-10-4-2-6-12-8-10/h1,3,5,7,10,12-14H,2,4,6,8H2. The van der Waals surface area contributed by atoms with Gasteiger partial charge in [-0.25, -0.2) is 0 Å². The zero-order valence-corrected chi connectivity index (χ0v) is 8.16. The van der Waals surface area contributed by atoms with Crippen molar-refractivity contribution < 1.29 is 5.11 Å². The van der Waals surface area contributed by atoms with Crippen LogP contribution in [0.2, 0.25) is 0 Å². The lowest BCUT2D eigenvalue weighted by Crippen LogP contribution is -2.38. The van der Waals surface area contributed by atoms with Crippen LogP contribution in [0, 0.1) is 0 Å². The molecule has 3 N–H and O–H groups in total. The highest BCUT2D eigenvalue weighted by atomic mass is 16.3. The smallest absolute Gasteiger partial charge is 0.117 e. The summed E-state index contributed by atoms with van der Waals surface area (Å²) in [6.45, 7) is 2.13. The highest BCUT2D eigenvalue weighted by molar-refractivity contribution is 5.48. The van der Waals surface area contributed by atoms with Crippen LogP contribution in [0.1, 0.15) is 12.8 Å². The number of phenols is 1. The lowest BCUT2D eigenvalue weighted by Gasteiger charge is -2.24. The number of anilines is 1. The molecule has 0 aliphatic carbocycles. The number of piperidine rings is 1. The van der Waals surface area contributed by atoms with Crippen LogP contribution in [0.25, 0.3) is 0 Å². The van der Waals surface area contributed by atoms with E-state index < -0.39 is 0 Å². The van der Waals surface area contributed by atoms with Crippen molar-refractivity contribution in [2.45, 2.75) is 18.9 Å². The minimum Gasteiger partial charge on any atom is -0.508 e. The van der Waals surface area contributed by atoms with Crippen LogP contribution in [-0.2, 0) is 0 Å². The Morgan fingerprint density at radius 3 is 3.07 bits per heavy atom. The molecule has 14 heavy (non-hydrogen) atoms. The van der Waals surface area contributed by atoms with Gasteiger partial charge in [0.1, 0.15) is 5.75 Å². The first-order chi connectivity index (χ1) is 6.84. The summed E-state index contributed by atoms with van der Waals surface area (Å²) in [6, 6.07) is 7.77. The molecule has 0 saturated carbocycles. The van der Waals surface area contributed by atoms with E-state index in [9.17, 15) is 5.11 Å². The molecule has 1 aliphatic heterocycles. The predicted molar refractivity (Wildman–Crippen MR) is 57.6 cm³/mol. The van der Waals surface area contributed by atoms with Crippen molar-refractivity contribution >= 4 is 5.69 Å². The summed E-state index contributed by atoms with van der Waals surface area (Å²) < 4.78 is 0. The number of hydrogen-bond acceptors (Lipinski definition) is 3. The van der Waals surface area contributed by atoms with Gasteiger partial charge in [0.15, 0.2) is 0 Å². The number of hydrogen-bond donors (Lipinski definition) is 3. The third kappa shape index (κ3) is 2.39. The van der Waals surface area contributed by atoms with E-state index in [1.54, 1.807) is 12.1 Å². The average Bonchev–Trinajstić information content (AvgIpc) is 2.19. The van der Waals surface area contributed by atoms with Gasteiger partial charge in [0, 0.05) is 24.3 Å². The van der Waals surface area contributed by atoms with E-state index in [0.717, 1.165) is 18.8 Å². The molecule has 0 amide bonds. The van der Waals surface area contributed by atoms with Crippen molar-refractivity contribution in [2.24, 2.45) is 0 Å². The Bertz CT molecular complexity index is 295. The second kappa shape index (κ2) is 4.33. The summed E-state index contributed by atoms with van der Waals surface area (Å²) in [5.74, 6) is 0.318. The predicted octanol–water partition coefficient (Wildman–Crippen LogP) is 1.56. The van der Waals surface area contributed by atoms with Crippen LogP contribution in [0.15, 0.2) is 24.3 Å². The number of nitrogens with one attached hydrogen (secondary N) is 2. The summed E-state index contributed by atoms with van der Waals surface area (Å²) in [4.78, 5) is 0. The Kier molecular flexibility index (Phi) is 2.89. The molecule has 1 unspecified atom stereocenters. The number of aromatic hydroxyl groups is 1. The van der Waals surface area contributed by atoms with Crippen LogP contribution in [-0.4, -0.2) is 24.2 Å². The van der Waals surface area contributed by atoms with E-state index in [1.165, 1.54) is 12.8 Å². The molecule has 1 aromatic carbocycles. The summed E-state index contributed by atoms with van der Waals surface area (Å²) >= 11 is 0. The second-order valence-corrected chi connectivity index (χ2v) is 3.74. The lowest BCUT2D eigenvalue weighted by molar-refractivity contribution is 0.472. The molecular weight excluding hydrogens is 176 g/mol. The SMILES string of the molecule is Oc1cccc(NC2CCCNC2)c1. The quantitative estimate of drug-likeness (QED) is 0.666. The Morgan fingerprint density at radius 1 is 1.43 bits per heavy atom. The van der Waals surface area contributed by atoms with Gasteiger partial charge in [-0.15, -0.1) is 0 Å². The van der Waals surface area contributed by atoms with Crippen molar-refractivity contribution in [1.82, 2.24) is 5.32 Å². The molecule has 0 radical (unpaired) electrons. The average molecular weight is 192 g/mol. The molecular formula is C11H16N2O. The zero-order valence-electron chi connectivity index (χ0n) is 8.16. The minimum absolute atomic E-state index is 0.318. The van der Waals surface area contributed by atoms with E-state index in [0.29, 0.717) is 11.8 Å². The molecule has 3 heteroatoms. The third-order valence-corrected chi connectivity index (χ3v) is 2.51. The Balaban J connectivity index is 1.95.